The van der Waals surface area contributed by atoms with Crippen LogP contribution in [0.2, 0.25) is 0 Å². The molecule has 3 nitrogen and oxygen atoms in total. The molecule has 0 aliphatic rings. The Kier molecular flexibility index (Phi) is 4.32. The van der Waals surface area contributed by atoms with Gasteiger partial charge in [0.1, 0.15) is 5.75 Å². The van der Waals surface area contributed by atoms with E-state index in [1.807, 2.05) is 44.2 Å². The minimum Gasteiger partial charge on any atom is -0.496 e. The number of aromatic nitrogens is 1. The molecule has 19 heavy (non-hydrogen) atoms. The van der Waals surface area contributed by atoms with Gasteiger partial charge in [0.05, 0.1) is 12.9 Å². The third kappa shape index (κ3) is 3.20. The van der Waals surface area contributed by atoms with Gasteiger partial charge in [-0.3, -0.25) is 4.79 Å². The number of carbonyl (C=O) groups excluding carboxylic acids is 1. The first-order valence-corrected chi connectivity index (χ1v) is 7.05. The Labute approximate surface area is 117 Å². The van der Waals surface area contributed by atoms with Crippen molar-refractivity contribution in [3.05, 3.63) is 47.3 Å². The molecule has 1 heterocycles. The Balaban J connectivity index is 2.06. The zero-order valence-electron chi connectivity index (χ0n) is 11.3. The smallest absolute Gasteiger partial charge is 0.174 e. The molecule has 0 unspecified atom stereocenters. The first-order valence-electron chi connectivity index (χ1n) is 6.07. The lowest BCUT2D eigenvalue weighted by Gasteiger charge is -2.06. The fourth-order valence-corrected chi connectivity index (χ4v) is 2.88. The van der Waals surface area contributed by atoms with Gasteiger partial charge >= 0.3 is 0 Å². The summed E-state index contributed by atoms with van der Waals surface area (Å²) in [5.41, 5.74) is 2.73. The Bertz CT molecular complexity index is 590. The minimum absolute atomic E-state index is 0.137. The van der Waals surface area contributed by atoms with Crippen LogP contribution in [0.1, 0.15) is 21.7 Å². The number of ether oxygens (including phenoxy) is 1. The normalized spacial score (nSPS) is 10.5. The molecule has 0 saturated carbocycles. The summed E-state index contributed by atoms with van der Waals surface area (Å²) >= 11 is 1.50. The van der Waals surface area contributed by atoms with Crippen LogP contribution in [-0.2, 0) is 0 Å². The van der Waals surface area contributed by atoms with Gasteiger partial charge in [0.2, 0.25) is 0 Å². The molecule has 0 saturated heterocycles. The summed E-state index contributed by atoms with van der Waals surface area (Å²) in [5.74, 6) is 1.36. The van der Waals surface area contributed by atoms with Gasteiger partial charge in [0, 0.05) is 21.8 Å². The third-order valence-corrected chi connectivity index (χ3v) is 3.93. The first kappa shape index (κ1) is 13.7. The second-order valence-corrected chi connectivity index (χ2v) is 5.37. The lowest BCUT2D eigenvalue weighted by molar-refractivity contribution is 0.102. The Hall–Kier alpha value is -1.68. The van der Waals surface area contributed by atoms with Crippen LogP contribution in [0.4, 0.5) is 0 Å². The second kappa shape index (κ2) is 5.97. The monoisotopic (exact) mass is 275 g/mol. The molecule has 1 N–H and O–H groups in total. The number of thioether (sulfide) groups is 1. The molecule has 100 valence electrons. The topological polar surface area (TPSA) is 42.1 Å². The Morgan fingerprint density at radius 3 is 2.68 bits per heavy atom. The van der Waals surface area contributed by atoms with Crippen LogP contribution in [0.25, 0.3) is 0 Å². The highest BCUT2D eigenvalue weighted by Crippen LogP contribution is 2.29. The highest BCUT2D eigenvalue weighted by Gasteiger charge is 2.13. The largest absolute Gasteiger partial charge is 0.496 e. The van der Waals surface area contributed by atoms with E-state index in [0.29, 0.717) is 5.75 Å². The highest BCUT2D eigenvalue weighted by molar-refractivity contribution is 8.00. The van der Waals surface area contributed by atoms with Crippen LogP contribution in [0.5, 0.6) is 5.75 Å². The number of ketones is 1. The number of aryl methyl sites for hydroxylation is 2. The lowest BCUT2D eigenvalue weighted by atomic mass is 10.2. The number of H-pyrrole nitrogens is 1. The van der Waals surface area contributed by atoms with Crippen LogP contribution < -0.4 is 4.74 Å². The number of para-hydroxylation sites is 1. The van der Waals surface area contributed by atoms with E-state index in [4.69, 9.17) is 4.74 Å². The number of nitrogens with one attached hydrogen (secondary N) is 1. The van der Waals surface area contributed by atoms with Crippen LogP contribution in [0, 0.1) is 13.8 Å². The SMILES string of the molecule is COc1ccccc1SCC(=O)c1cc(C)[nH]c1C. The number of rotatable bonds is 5. The summed E-state index contributed by atoms with van der Waals surface area (Å²) in [5, 5.41) is 0. The molecule has 0 aliphatic heterocycles. The highest BCUT2D eigenvalue weighted by atomic mass is 32.2. The molecule has 2 aromatic rings. The summed E-state index contributed by atoms with van der Waals surface area (Å²) in [6.07, 6.45) is 0. The van der Waals surface area contributed by atoms with E-state index < -0.39 is 0 Å². The number of methoxy groups -OCH3 is 1. The fourth-order valence-electron chi connectivity index (χ4n) is 1.97. The fraction of sp³-hybridized carbons (Fsp3) is 0.267. The molecule has 0 spiro atoms. The van der Waals surface area contributed by atoms with Crippen molar-refractivity contribution >= 4 is 17.5 Å². The molecular formula is C15H17NO2S. The van der Waals surface area contributed by atoms with E-state index in [-0.39, 0.29) is 5.78 Å². The number of Topliss-reactive ketones (excluding diaryl/α,β-unsaturated/α-hetero) is 1. The summed E-state index contributed by atoms with van der Waals surface area (Å²) in [4.78, 5) is 16.3. The zero-order chi connectivity index (χ0) is 13.8. The van der Waals surface area contributed by atoms with E-state index in [1.54, 1.807) is 7.11 Å². The van der Waals surface area contributed by atoms with Gasteiger partial charge in [-0.05, 0) is 32.0 Å². The van der Waals surface area contributed by atoms with Gasteiger partial charge in [-0.2, -0.15) is 0 Å². The number of hydrogen-bond acceptors (Lipinski definition) is 3. The van der Waals surface area contributed by atoms with Gasteiger partial charge in [-0.25, -0.2) is 0 Å². The van der Waals surface area contributed by atoms with E-state index >= 15 is 0 Å². The molecule has 0 radical (unpaired) electrons. The van der Waals surface area contributed by atoms with Crippen LogP contribution in [0.15, 0.2) is 35.2 Å². The predicted octanol–water partition coefficient (Wildman–Crippen LogP) is 3.62. The standard InChI is InChI=1S/C15H17NO2S/c1-10-8-12(11(2)16-10)13(17)9-19-15-7-5-4-6-14(15)18-3/h4-8,16H,9H2,1-3H3. The maximum absolute atomic E-state index is 12.2. The molecular weight excluding hydrogens is 258 g/mol. The van der Waals surface area contributed by atoms with E-state index in [1.165, 1.54) is 11.8 Å². The average molecular weight is 275 g/mol. The van der Waals surface area contributed by atoms with Crippen molar-refractivity contribution < 1.29 is 9.53 Å². The van der Waals surface area contributed by atoms with Gasteiger partial charge in [0.15, 0.2) is 5.78 Å². The quantitative estimate of drug-likeness (QED) is 0.669. The Morgan fingerprint density at radius 2 is 2.05 bits per heavy atom. The summed E-state index contributed by atoms with van der Waals surface area (Å²) < 4.78 is 5.27. The molecule has 1 aromatic carbocycles. The van der Waals surface area contributed by atoms with E-state index in [0.717, 1.165) is 27.6 Å². The van der Waals surface area contributed by atoms with Crippen LogP contribution in [-0.4, -0.2) is 23.6 Å². The van der Waals surface area contributed by atoms with Gasteiger partial charge in [0.25, 0.3) is 0 Å². The number of carbonyl (C=O) groups is 1. The van der Waals surface area contributed by atoms with Crippen molar-refractivity contribution in [2.24, 2.45) is 0 Å². The first-order chi connectivity index (χ1) is 9.11. The molecule has 2 rings (SSSR count). The maximum atomic E-state index is 12.2. The Morgan fingerprint density at radius 1 is 1.32 bits per heavy atom. The summed E-state index contributed by atoms with van der Waals surface area (Å²) in [6, 6.07) is 9.64. The van der Waals surface area contributed by atoms with Gasteiger partial charge in [-0.1, -0.05) is 12.1 Å². The van der Waals surface area contributed by atoms with Crippen molar-refractivity contribution in [2.45, 2.75) is 18.7 Å². The third-order valence-electron chi connectivity index (χ3n) is 2.88. The van der Waals surface area contributed by atoms with Crippen molar-refractivity contribution in [3.8, 4) is 5.75 Å². The number of hydrogen-bond donors (Lipinski definition) is 1. The molecule has 0 atom stereocenters. The molecule has 0 bridgehead atoms. The summed E-state index contributed by atoms with van der Waals surface area (Å²) in [7, 11) is 1.64. The van der Waals surface area contributed by atoms with Gasteiger partial charge < -0.3 is 9.72 Å². The molecule has 1 aromatic heterocycles. The number of aromatic amines is 1. The van der Waals surface area contributed by atoms with Gasteiger partial charge in [-0.15, -0.1) is 11.8 Å². The van der Waals surface area contributed by atoms with E-state index in [9.17, 15) is 4.79 Å². The molecule has 4 heteroatoms. The second-order valence-electron chi connectivity index (χ2n) is 4.35. The van der Waals surface area contributed by atoms with Crippen molar-refractivity contribution in [2.75, 3.05) is 12.9 Å². The summed E-state index contributed by atoms with van der Waals surface area (Å²) in [6.45, 7) is 3.88. The van der Waals surface area contributed by atoms with Crippen molar-refractivity contribution in [3.63, 3.8) is 0 Å². The van der Waals surface area contributed by atoms with E-state index in [2.05, 4.69) is 4.98 Å². The molecule has 0 fully saturated rings. The number of benzene rings is 1. The lowest BCUT2D eigenvalue weighted by Crippen LogP contribution is -2.03. The molecule has 0 aliphatic carbocycles. The van der Waals surface area contributed by atoms with Crippen LogP contribution in [0.3, 0.4) is 0 Å². The zero-order valence-corrected chi connectivity index (χ0v) is 12.1. The van der Waals surface area contributed by atoms with Crippen LogP contribution >= 0.6 is 11.8 Å². The minimum atomic E-state index is 0.137. The predicted molar refractivity (Wildman–Crippen MR) is 78.3 cm³/mol. The molecule has 0 amide bonds. The average Bonchev–Trinajstić information content (AvgIpc) is 2.75. The van der Waals surface area contributed by atoms with Crippen molar-refractivity contribution in [1.82, 2.24) is 4.98 Å². The van der Waals surface area contributed by atoms with Crippen molar-refractivity contribution in [1.29, 1.82) is 0 Å². The maximum Gasteiger partial charge on any atom is 0.174 e.